The van der Waals surface area contributed by atoms with Crippen molar-refractivity contribution < 1.29 is 9.90 Å². The second kappa shape index (κ2) is 4.14. The minimum atomic E-state index is -0.842. The lowest BCUT2D eigenvalue weighted by atomic mass is 10.2. The van der Waals surface area contributed by atoms with Gasteiger partial charge in [0, 0.05) is 6.54 Å². The van der Waals surface area contributed by atoms with E-state index in [1.54, 1.807) is 4.57 Å². The van der Waals surface area contributed by atoms with Crippen LogP contribution in [0.15, 0.2) is 18.2 Å². The lowest BCUT2D eigenvalue weighted by molar-refractivity contribution is -0.137. The molecule has 0 bridgehead atoms. The molecule has 2 rings (SSSR count). The van der Waals surface area contributed by atoms with Crippen molar-refractivity contribution in [3.8, 4) is 0 Å². The van der Waals surface area contributed by atoms with Crippen molar-refractivity contribution in [3.05, 3.63) is 29.0 Å². The average Bonchev–Trinajstić information content (AvgIpc) is 2.51. The summed E-state index contributed by atoms with van der Waals surface area (Å²) >= 11 is 5.96. The molecule has 84 valence electrons. The molecule has 1 aromatic heterocycles. The number of carboxylic acid groups (broad SMARTS) is 1. The van der Waals surface area contributed by atoms with E-state index in [9.17, 15) is 4.79 Å². The van der Waals surface area contributed by atoms with Gasteiger partial charge in [-0.05, 0) is 36.2 Å². The van der Waals surface area contributed by atoms with Crippen molar-refractivity contribution in [2.75, 3.05) is 0 Å². The Morgan fingerprint density at radius 1 is 1.56 bits per heavy atom. The number of aryl methyl sites for hydroxylation is 2. The zero-order valence-electron chi connectivity index (χ0n) is 8.77. The van der Waals surface area contributed by atoms with E-state index in [2.05, 4.69) is 4.98 Å². The number of aromatic nitrogens is 2. The van der Waals surface area contributed by atoms with Crippen LogP contribution < -0.4 is 0 Å². The summed E-state index contributed by atoms with van der Waals surface area (Å²) in [6.07, 6.45) is 0.0408. The minimum Gasteiger partial charge on any atom is -0.481 e. The molecule has 1 heterocycles. The highest BCUT2D eigenvalue weighted by Crippen LogP contribution is 2.21. The normalized spacial score (nSPS) is 10.9. The predicted octanol–water partition coefficient (Wildman–Crippen LogP) is 2.47. The second-order valence-corrected chi connectivity index (χ2v) is 4.01. The van der Waals surface area contributed by atoms with Gasteiger partial charge in [-0.25, -0.2) is 4.98 Å². The first kappa shape index (κ1) is 11.0. The molecule has 2 aromatic rings. The monoisotopic (exact) mass is 238 g/mol. The third-order valence-corrected chi connectivity index (χ3v) is 2.69. The van der Waals surface area contributed by atoms with Gasteiger partial charge in [0.1, 0.15) is 0 Å². The van der Waals surface area contributed by atoms with Crippen LogP contribution in [0.2, 0.25) is 5.28 Å². The third-order valence-electron chi connectivity index (χ3n) is 2.41. The van der Waals surface area contributed by atoms with Crippen LogP contribution in [0.1, 0.15) is 12.0 Å². The maximum atomic E-state index is 10.5. The quantitative estimate of drug-likeness (QED) is 0.894. The van der Waals surface area contributed by atoms with Crippen molar-refractivity contribution in [2.24, 2.45) is 0 Å². The summed E-state index contributed by atoms with van der Waals surface area (Å²) in [4.78, 5) is 14.7. The Morgan fingerprint density at radius 2 is 2.31 bits per heavy atom. The number of fused-ring (bicyclic) bond motifs is 1. The molecule has 0 spiro atoms. The summed E-state index contributed by atoms with van der Waals surface area (Å²) in [5.41, 5.74) is 2.77. The van der Waals surface area contributed by atoms with Crippen LogP contribution in [0, 0.1) is 6.92 Å². The topological polar surface area (TPSA) is 55.1 Å². The standard InChI is InChI=1S/C11H11ClN2O2/c1-7-2-3-8-9(6-7)14(11(12)13-8)5-4-10(15)16/h2-3,6H,4-5H2,1H3,(H,15,16). The fourth-order valence-corrected chi connectivity index (χ4v) is 1.89. The highest BCUT2D eigenvalue weighted by molar-refractivity contribution is 6.29. The van der Waals surface area contributed by atoms with Gasteiger partial charge < -0.3 is 9.67 Å². The molecule has 0 saturated heterocycles. The van der Waals surface area contributed by atoms with Gasteiger partial charge in [0.05, 0.1) is 17.5 Å². The second-order valence-electron chi connectivity index (χ2n) is 3.67. The summed E-state index contributed by atoms with van der Waals surface area (Å²) in [6.45, 7) is 2.32. The number of carbonyl (C=O) groups is 1. The highest BCUT2D eigenvalue weighted by Gasteiger charge is 2.09. The fourth-order valence-electron chi connectivity index (χ4n) is 1.62. The molecule has 0 fully saturated rings. The van der Waals surface area contributed by atoms with E-state index >= 15 is 0 Å². The molecule has 0 atom stereocenters. The molecule has 0 saturated carbocycles. The zero-order valence-corrected chi connectivity index (χ0v) is 9.53. The van der Waals surface area contributed by atoms with Gasteiger partial charge >= 0.3 is 5.97 Å². The number of aliphatic carboxylic acids is 1. The van der Waals surface area contributed by atoms with E-state index in [1.807, 2.05) is 25.1 Å². The fraction of sp³-hybridized carbons (Fsp3) is 0.273. The Hall–Kier alpha value is -1.55. The van der Waals surface area contributed by atoms with Crippen LogP contribution in [-0.4, -0.2) is 20.6 Å². The van der Waals surface area contributed by atoms with Gasteiger partial charge in [-0.15, -0.1) is 0 Å². The van der Waals surface area contributed by atoms with Crippen molar-refractivity contribution in [3.63, 3.8) is 0 Å². The number of carboxylic acids is 1. The molecule has 5 heteroatoms. The maximum Gasteiger partial charge on any atom is 0.305 e. The van der Waals surface area contributed by atoms with E-state index in [1.165, 1.54) is 0 Å². The predicted molar refractivity (Wildman–Crippen MR) is 61.7 cm³/mol. The SMILES string of the molecule is Cc1ccc2nc(Cl)n(CCC(=O)O)c2c1. The van der Waals surface area contributed by atoms with E-state index in [-0.39, 0.29) is 6.42 Å². The van der Waals surface area contributed by atoms with Crippen LogP contribution in [0.3, 0.4) is 0 Å². The molecule has 0 amide bonds. The Morgan fingerprint density at radius 3 is 3.00 bits per heavy atom. The third kappa shape index (κ3) is 2.02. The van der Waals surface area contributed by atoms with Crippen LogP contribution in [-0.2, 0) is 11.3 Å². The van der Waals surface area contributed by atoms with Gasteiger partial charge in [0.2, 0.25) is 5.28 Å². The molecule has 0 aliphatic rings. The minimum absolute atomic E-state index is 0.0408. The van der Waals surface area contributed by atoms with Gasteiger partial charge in [-0.2, -0.15) is 0 Å². The van der Waals surface area contributed by atoms with Crippen LogP contribution in [0.25, 0.3) is 11.0 Å². The average molecular weight is 239 g/mol. The first-order chi connectivity index (χ1) is 7.58. The van der Waals surface area contributed by atoms with Crippen LogP contribution >= 0.6 is 11.6 Å². The largest absolute Gasteiger partial charge is 0.481 e. The number of rotatable bonds is 3. The summed E-state index contributed by atoms with van der Waals surface area (Å²) in [6, 6.07) is 5.79. The smallest absolute Gasteiger partial charge is 0.305 e. The Kier molecular flexibility index (Phi) is 2.83. The number of imidazole rings is 1. The molecular formula is C11H11ClN2O2. The highest BCUT2D eigenvalue weighted by atomic mass is 35.5. The van der Waals surface area contributed by atoms with Crippen molar-refractivity contribution in [2.45, 2.75) is 19.9 Å². The first-order valence-electron chi connectivity index (χ1n) is 4.92. The van der Waals surface area contributed by atoms with Crippen LogP contribution in [0.5, 0.6) is 0 Å². The summed E-state index contributed by atoms with van der Waals surface area (Å²) in [5.74, 6) is -0.842. The van der Waals surface area contributed by atoms with E-state index < -0.39 is 5.97 Å². The van der Waals surface area contributed by atoms with Gasteiger partial charge in [0.25, 0.3) is 0 Å². The van der Waals surface area contributed by atoms with Crippen LogP contribution in [0.4, 0.5) is 0 Å². The molecule has 0 aliphatic heterocycles. The summed E-state index contributed by atoms with van der Waals surface area (Å²) < 4.78 is 1.72. The lowest BCUT2D eigenvalue weighted by Crippen LogP contribution is -2.04. The molecular weight excluding hydrogens is 228 g/mol. The molecule has 0 aliphatic carbocycles. The number of hydrogen-bond donors (Lipinski definition) is 1. The van der Waals surface area contributed by atoms with E-state index in [0.717, 1.165) is 16.6 Å². The van der Waals surface area contributed by atoms with Crippen molar-refractivity contribution >= 4 is 28.6 Å². The Bertz CT molecular complexity index is 548. The molecule has 1 N–H and O–H groups in total. The first-order valence-corrected chi connectivity index (χ1v) is 5.30. The number of nitrogens with zero attached hydrogens (tertiary/aromatic N) is 2. The van der Waals surface area contributed by atoms with Crippen molar-refractivity contribution in [1.29, 1.82) is 0 Å². The number of hydrogen-bond acceptors (Lipinski definition) is 2. The van der Waals surface area contributed by atoms with Gasteiger partial charge in [-0.1, -0.05) is 6.07 Å². The molecule has 0 radical (unpaired) electrons. The number of halogens is 1. The molecule has 1 aromatic carbocycles. The Balaban J connectivity index is 2.45. The Labute approximate surface area is 97.5 Å². The number of benzene rings is 1. The van der Waals surface area contributed by atoms with E-state index in [0.29, 0.717) is 11.8 Å². The zero-order chi connectivity index (χ0) is 11.7. The molecule has 16 heavy (non-hydrogen) atoms. The molecule has 4 nitrogen and oxygen atoms in total. The van der Waals surface area contributed by atoms with Gasteiger partial charge in [0.15, 0.2) is 0 Å². The van der Waals surface area contributed by atoms with E-state index in [4.69, 9.17) is 16.7 Å². The summed E-state index contributed by atoms with van der Waals surface area (Å²) in [5, 5.41) is 8.99. The van der Waals surface area contributed by atoms with Gasteiger partial charge in [-0.3, -0.25) is 4.79 Å². The summed E-state index contributed by atoms with van der Waals surface area (Å²) in [7, 11) is 0. The molecule has 0 unspecified atom stereocenters. The lowest BCUT2D eigenvalue weighted by Gasteiger charge is -2.03. The van der Waals surface area contributed by atoms with Crippen molar-refractivity contribution in [1.82, 2.24) is 9.55 Å². The maximum absolute atomic E-state index is 10.5.